The molecule has 6 nitrogen and oxygen atoms in total. The number of nitrogens with zero attached hydrogens (tertiary/aromatic N) is 4. The van der Waals surface area contributed by atoms with Crippen LogP contribution in [0.5, 0.6) is 5.75 Å². The molecule has 0 bridgehead atoms. The predicted molar refractivity (Wildman–Crippen MR) is 145 cm³/mol. The lowest BCUT2D eigenvalue weighted by Crippen LogP contribution is -2.54. The van der Waals surface area contributed by atoms with Crippen molar-refractivity contribution in [1.29, 1.82) is 0 Å². The van der Waals surface area contributed by atoms with Gasteiger partial charge in [0.2, 0.25) is 0 Å². The van der Waals surface area contributed by atoms with Gasteiger partial charge in [-0.15, -0.1) is 0 Å². The number of anilines is 2. The van der Waals surface area contributed by atoms with Crippen LogP contribution in [0.4, 0.5) is 15.9 Å². The van der Waals surface area contributed by atoms with E-state index < -0.39 is 5.82 Å². The molecule has 0 saturated carbocycles. The van der Waals surface area contributed by atoms with Gasteiger partial charge in [0.05, 0.1) is 28.2 Å². The molecule has 4 rings (SSSR count). The Balaban J connectivity index is 1.65. The fourth-order valence-electron chi connectivity index (χ4n) is 4.41. The van der Waals surface area contributed by atoms with E-state index in [1.54, 1.807) is 6.07 Å². The van der Waals surface area contributed by atoms with E-state index in [-0.39, 0.29) is 10.6 Å². The maximum Gasteiger partial charge on any atom is 0.141 e. The molecule has 1 N–H and O–H groups in total. The molecule has 0 amide bonds. The molecule has 1 aliphatic heterocycles. The van der Waals surface area contributed by atoms with E-state index in [4.69, 9.17) is 16.3 Å². The summed E-state index contributed by atoms with van der Waals surface area (Å²) in [7, 11) is 0. The molecule has 1 aliphatic rings. The summed E-state index contributed by atoms with van der Waals surface area (Å²) in [6.07, 6.45) is 2.66. The fraction of sp³-hybridized carbons (Fsp3) is 0.429. The number of piperazine rings is 1. The van der Waals surface area contributed by atoms with Crippen LogP contribution in [0.25, 0.3) is 10.9 Å². The summed E-state index contributed by atoms with van der Waals surface area (Å²) in [5, 5.41) is 4.06. The molecule has 8 heteroatoms. The SMILES string of the molecule is CCCN1CCN(C(C)(C)C#Cc2cc3c(Nc4ccc(F)c(Cl)c4)ncnc3cc2OCC)CC1. The molecule has 0 radical (unpaired) electrons. The molecule has 0 atom stereocenters. The normalized spacial score (nSPS) is 14.9. The van der Waals surface area contributed by atoms with Gasteiger partial charge in [-0.1, -0.05) is 30.4 Å². The smallest absolute Gasteiger partial charge is 0.141 e. The average Bonchev–Trinajstić information content (AvgIpc) is 2.86. The largest absolute Gasteiger partial charge is 0.492 e. The Morgan fingerprint density at radius 2 is 1.89 bits per heavy atom. The van der Waals surface area contributed by atoms with Crippen molar-refractivity contribution in [2.75, 3.05) is 44.6 Å². The second kappa shape index (κ2) is 11.4. The minimum absolute atomic E-state index is 0.0429. The van der Waals surface area contributed by atoms with Crippen molar-refractivity contribution >= 4 is 34.0 Å². The first-order chi connectivity index (χ1) is 17.3. The van der Waals surface area contributed by atoms with E-state index >= 15 is 0 Å². The topological polar surface area (TPSA) is 53.5 Å². The zero-order chi connectivity index (χ0) is 25.7. The number of fused-ring (bicyclic) bond motifs is 1. The standard InChI is InChI=1S/C28H33ClFN5O/c1-5-11-34-12-14-35(15-13-34)28(3,4)10-9-20-16-22-25(18-26(20)36-6-2)31-19-32-27(22)33-21-7-8-24(30)23(29)17-21/h7-8,16-19H,5-6,11-15H2,1-4H3,(H,31,32,33). The second-order valence-corrected chi connectivity index (χ2v) is 9.82. The van der Waals surface area contributed by atoms with E-state index in [2.05, 4.69) is 57.7 Å². The predicted octanol–water partition coefficient (Wildman–Crippen LogP) is 5.72. The van der Waals surface area contributed by atoms with Crippen LogP contribution in [-0.4, -0.2) is 64.6 Å². The van der Waals surface area contributed by atoms with Gasteiger partial charge in [-0.2, -0.15) is 0 Å². The quantitative estimate of drug-likeness (QED) is 0.411. The zero-order valence-electron chi connectivity index (χ0n) is 21.4. The molecule has 1 aromatic heterocycles. The molecule has 2 aromatic carbocycles. The van der Waals surface area contributed by atoms with E-state index in [0.29, 0.717) is 23.9 Å². The zero-order valence-corrected chi connectivity index (χ0v) is 22.1. The monoisotopic (exact) mass is 509 g/mol. The third kappa shape index (κ3) is 6.07. The molecule has 0 spiro atoms. The van der Waals surface area contributed by atoms with Crippen LogP contribution in [0, 0.1) is 17.7 Å². The van der Waals surface area contributed by atoms with Crippen LogP contribution in [-0.2, 0) is 0 Å². The first-order valence-electron chi connectivity index (χ1n) is 12.4. The van der Waals surface area contributed by atoms with E-state index in [9.17, 15) is 4.39 Å². The Labute approximate surface area is 217 Å². The van der Waals surface area contributed by atoms with Gasteiger partial charge < -0.3 is 15.0 Å². The van der Waals surface area contributed by atoms with Gasteiger partial charge in [-0.05, 0) is 58.0 Å². The molecule has 3 aromatic rings. The van der Waals surface area contributed by atoms with Gasteiger partial charge in [0.1, 0.15) is 23.7 Å². The lowest BCUT2D eigenvalue weighted by Gasteiger charge is -2.41. The maximum atomic E-state index is 13.6. The molecule has 36 heavy (non-hydrogen) atoms. The number of hydrogen-bond acceptors (Lipinski definition) is 6. The van der Waals surface area contributed by atoms with Crippen LogP contribution in [0.2, 0.25) is 5.02 Å². The lowest BCUT2D eigenvalue weighted by atomic mass is 10.0. The number of hydrogen-bond donors (Lipinski definition) is 1. The molecule has 0 unspecified atom stereocenters. The van der Waals surface area contributed by atoms with Crippen LogP contribution in [0.15, 0.2) is 36.7 Å². The number of aromatic nitrogens is 2. The first-order valence-corrected chi connectivity index (χ1v) is 12.8. The highest BCUT2D eigenvalue weighted by molar-refractivity contribution is 6.31. The Hall–Kier alpha value is -2.92. The maximum absolute atomic E-state index is 13.6. The number of benzene rings is 2. The van der Waals surface area contributed by atoms with Crippen molar-refractivity contribution in [2.45, 2.75) is 39.7 Å². The molecule has 1 saturated heterocycles. The van der Waals surface area contributed by atoms with Crippen molar-refractivity contribution < 1.29 is 9.13 Å². The Kier molecular flexibility index (Phi) is 8.30. The third-order valence-corrected chi connectivity index (χ3v) is 6.71. The van der Waals surface area contributed by atoms with Crippen molar-refractivity contribution in [1.82, 2.24) is 19.8 Å². The van der Waals surface area contributed by atoms with Gasteiger partial charge in [0.15, 0.2) is 0 Å². The van der Waals surface area contributed by atoms with Crippen LogP contribution < -0.4 is 10.1 Å². The minimum atomic E-state index is -0.469. The summed E-state index contributed by atoms with van der Waals surface area (Å²) >= 11 is 5.96. The van der Waals surface area contributed by atoms with Gasteiger partial charge >= 0.3 is 0 Å². The molecular weight excluding hydrogens is 477 g/mol. The molecule has 2 heterocycles. The number of rotatable bonds is 7. The average molecular weight is 510 g/mol. The van der Waals surface area contributed by atoms with Crippen molar-refractivity contribution in [2.24, 2.45) is 0 Å². The van der Waals surface area contributed by atoms with E-state index in [1.165, 1.54) is 24.9 Å². The number of nitrogens with one attached hydrogen (secondary N) is 1. The van der Waals surface area contributed by atoms with Crippen LogP contribution >= 0.6 is 11.6 Å². The summed E-state index contributed by atoms with van der Waals surface area (Å²) < 4.78 is 19.5. The number of ether oxygens (including phenoxy) is 1. The second-order valence-electron chi connectivity index (χ2n) is 9.41. The Bertz CT molecular complexity index is 1280. The first kappa shape index (κ1) is 26.2. The van der Waals surface area contributed by atoms with E-state index in [0.717, 1.165) is 49.2 Å². The van der Waals surface area contributed by atoms with Crippen molar-refractivity contribution in [3.8, 4) is 17.6 Å². The molecular formula is C28H33ClFN5O. The van der Waals surface area contributed by atoms with Crippen LogP contribution in [0.1, 0.15) is 39.7 Å². The summed E-state index contributed by atoms with van der Waals surface area (Å²) in [4.78, 5) is 13.8. The minimum Gasteiger partial charge on any atom is -0.492 e. The molecule has 1 fully saturated rings. The summed E-state index contributed by atoms with van der Waals surface area (Å²) in [5.74, 6) is 7.69. The Morgan fingerprint density at radius 3 is 2.58 bits per heavy atom. The van der Waals surface area contributed by atoms with E-state index in [1.807, 2.05) is 19.1 Å². The summed E-state index contributed by atoms with van der Waals surface area (Å²) in [6, 6.07) is 8.32. The van der Waals surface area contributed by atoms with Crippen molar-refractivity contribution in [3.63, 3.8) is 0 Å². The highest BCUT2D eigenvalue weighted by Gasteiger charge is 2.28. The summed E-state index contributed by atoms with van der Waals surface area (Å²) in [6.45, 7) is 14.3. The third-order valence-electron chi connectivity index (χ3n) is 6.42. The number of halogens is 2. The fourth-order valence-corrected chi connectivity index (χ4v) is 4.59. The molecule has 190 valence electrons. The highest BCUT2D eigenvalue weighted by Crippen LogP contribution is 2.31. The van der Waals surface area contributed by atoms with Gasteiger partial charge in [-0.25, -0.2) is 14.4 Å². The van der Waals surface area contributed by atoms with Crippen molar-refractivity contribution in [3.05, 3.63) is 53.1 Å². The highest BCUT2D eigenvalue weighted by atomic mass is 35.5. The summed E-state index contributed by atoms with van der Waals surface area (Å²) in [5.41, 5.74) is 1.85. The van der Waals surface area contributed by atoms with Gasteiger partial charge in [-0.3, -0.25) is 4.90 Å². The van der Waals surface area contributed by atoms with Crippen LogP contribution in [0.3, 0.4) is 0 Å². The van der Waals surface area contributed by atoms with Gasteiger partial charge in [0.25, 0.3) is 0 Å². The Morgan fingerprint density at radius 1 is 1.11 bits per heavy atom. The van der Waals surface area contributed by atoms with Gasteiger partial charge in [0, 0.05) is 43.3 Å². The lowest BCUT2D eigenvalue weighted by molar-refractivity contribution is 0.0812. The molecule has 0 aliphatic carbocycles.